The summed E-state index contributed by atoms with van der Waals surface area (Å²) in [6.07, 6.45) is 0.376. The van der Waals surface area contributed by atoms with Crippen molar-refractivity contribution in [1.82, 2.24) is 4.98 Å². The van der Waals surface area contributed by atoms with Crippen LogP contribution >= 0.6 is 0 Å². The van der Waals surface area contributed by atoms with Crippen molar-refractivity contribution in [3.63, 3.8) is 0 Å². The summed E-state index contributed by atoms with van der Waals surface area (Å²) in [6, 6.07) is 7.62. The lowest BCUT2D eigenvalue weighted by atomic mass is 9.95. The molecule has 0 bridgehead atoms. The molecule has 1 aromatic carbocycles. The highest BCUT2D eigenvalue weighted by atomic mass is 16.4. The summed E-state index contributed by atoms with van der Waals surface area (Å²) >= 11 is 0. The second-order valence-electron chi connectivity index (χ2n) is 3.86. The molecule has 2 atom stereocenters. The van der Waals surface area contributed by atoms with E-state index in [-0.39, 0.29) is 0 Å². The number of carbonyl (C=O) groups is 1. The number of carboxylic acids is 1. The number of aliphatic carboxylic acids is 1. The molecule has 0 aliphatic rings. The highest BCUT2D eigenvalue weighted by molar-refractivity contribution is 5.85. The molecule has 1 aromatic heterocycles. The molecule has 0 aliphatic heterocycles. The van der Waals surface area contributed by atoms with E-state index in [9.17, 15) is 9.90 Å². The van der Waals surface area contributed by atoms with Crippen molar-refractivity contribution in [3.8, 4) is 0 Å². The van der Waals surface area contributed by atoms with Crippen LogP contribution in [-0.4, -0.2) is 27.3 Å². The molecule has 1 heterocycles. The summed E-state index contributed by atoms with van der Waals surface area (Å²) in [5.74, 6) is -1.63. The molecular weight excluding hydrogens is 206 g/mol. The number of aliphatic hydroxyl groups is 1. The quantitative estimate of drug-likeness (QED) is 0.735. The number of fused-ring (bicyclic) bond motifs is 1. The van der Waals surface area contributed by atoms with Crippen molar-refractivity contribution in [2.45, 2.75) is 18.9 Å². The zero-order valence-corrected chi connectivity index (χ0v) is 8.84. The van der Waals surface area contributed by atoms with Crippen molar-refractivity contribution in [3.05, 3.63) is 36.0 Å². The third-order valence-corrected chi connectivity index (χ3v) is 2.84. The first-order valence-electron chi connectivity index (χ1n) is 5.08. The number of hydrogen-bond donors (Lipinski definition) is 3. The molecule has 0 aliphatic carbocycles. The van der Waals surface area contributed by atoms with E-state index in [1.54, 1.807) is 13.1 Å². The van der Waals surface area contributed by atoms with Gasteiger partial charge in [-0.1, -0.05) is 25.1 Å². The summed E-state index contributed by atoms with van der Waals surface area (Å²) in [6.45, 7) is 1.70. The minimum absolute atomic E-state index is 0.436. The largest absolute Gasteiger partial charge is 0.479 e. The fourth-order valence-corrected chi connectivity index (χ4v) is 1.85. The van der Waals surface area contributed by atoms with Gasteiger partial charge in [0.05, 0.1) is 0 Å². The number of aliphatic hydroxyl groups excluding tert-OH is 1. The second-order valence-corrected chi connectivity index (χ2v) is 3.86. The molecule has 16 heavy (non-hydrogen) atoms. The van der Waals surface area contributed by atoms with Gasteiger partial charge in [0, 0.05) is 23.0 Å². The summed E-state index contributed by atoms with van der Waals surface area (Å²) in [5.41, 5.74) is 1.77. The summed E-state index contributed by atoms with van der Waals surface area (Å²) in [5, 5.41) is 19.2. The van der Waals surface area contributed by atoms with Gasteiger partial charge in [0.25, 0.3) is 0 Å². The number of rotatable bonds is 3. The fraction of sp³-hybridized carbons (Fsp3) is 0.250. The smallest absolute Gasteiger partial charge is 0.333 e. The number of aromatic amines is 1. The van der Waals surface area contributed by atoms with Crippen LogP contribution < -0.4 is 0 Å². The molecule has 0 radical (unpaired) electrons. The number of para-hydroxylation sites is 1. The lowest BCUT2D eigenvalue weighted by molar-refractivity contribution is -0.147. The molecule has 4 nitrogen and oxygen atoms in total. The van der Waals surface area contributed by atoms with Gasteiger partial charge in [-0.25, -0.2) is 4.79 Å². The summed E-state index contributed by atoms with van der Waals surface area (Å²) in [4.78, 5) is 13.8. The second kappa shape index (κ2) is 3.98. The van der Waals surface area contributed by atoms with Crippen LogP contribution in [0.4, 0.5) is 0 Å². The SMILES string of the molecule is C[C@@H](c1c[nH]c2ccccc12)[C@H](O)C(=O)O. The molecule has 2 rings (SSSR count). The first kappa shape index (κ1) is 10.7. The Bertz CT molecular complexity index is 518. The van der Waals surface area contributed by atoms with E-state index >= 15 is 0 Å². The van der Waals surface area contributed by atoms with Gasteiger partial charge in [-0.05, 0) is 11.6 Å². The van der Waals surface area contributed by atoms with Crippen LogP contribution in [-0.2, 0) is 4.79 Å². The third-order valence-electron chi connectivity index (χ3n) is 2.84. The maximum Gasteiger partial charge on any atom is 0.333 e. The van der Waals surface area contributed by atoms with Gasteiger partial charge in [-0.15, -0.1) is 0 Å². The molecule has 0 fully saturated rings. The molecule has 2 aromatic rings. The Labute approximate surface area is 92.5 Å². The highest BCUT2D eigenvalue weighted by Crippen LogP contribution is 2.27. The Kier molecular flexibility index (Phi) is 2.66. The predicted octanol–water partition coefficient (Wildman–Crippen LogP) is 1.72. The highest BCUT2D eigenvalue weighted by Gasteiger charge is 2.24. The van der Waals surface area contributed by atoms with Crippen molar-refractivity contribution >= 4 is 16.9 Å². The zero-order chi connectivity index (χ0) is 11.7. The number of aromatic nitrogens is 1. The fourth-order valence-electron chi connectivity index (χ4n) is 1.85. The predicted molar refractivity (Wildman–Crippen MR) is 60.4 cm³/mol. The van der Waals surface area contributed by atoms with Gasteiger partial charge in [0.1, 0.15) is 0 Å². The molecule has 0 saturated heterocycles. The molecular formula is C12H13NO3. The zero-order valence-electron chi connectivity index (χ0n) is 8.84. The minimum Gasteiger partial charge on any atom is -0.479 e. The normalized spacial score (nSPS) is 14.9. The average Bonchev–Trinajstić information content (AvgIpc) is 2.70. The molecule has 0 saturated carbocycles. The molecule has 4 heteroatoms. The van der Waals surface area contributed by atoms with Gasteiger partial charge in [0.2, 0.25) is 0 Å². The van der Waals surface area contributed by atoms with E-state index in [1.165, 1.54) is 0 Å². The van der Waals surface area contributed by atoms with Crippen LogP contribution in [0.2, 0.25) is 0 Å². The van der Waals surface area contributed by atoms with Gasteiger partial charge in [-0.2, -0.15) is 0 Å². The first-order valence-corrected chi connectivity index (χ1v) is 5.08. The monoisotopic (exact) mass is 219 g/mol. The van der Waals surface area contributed by atoms with Crippen molar-refractivity contribution in [2.75, 3.05) is 0 Å². The Morgan fingerprint density at radius 2 is 2.06 bits per heavy atom. The Balaban J connectivity index is 2.44. The van der Waals surface area contributed by atoms with Gasteiger partial charge < -0.3 is 15.2 Å². The van der Waals surface area contributed by atoms with Crippen LogP contribution in [0, 0.1) is 0 Å². The van der Waals surface area contributed by atoms with Gasteiger partial charge >= 0.3 is 5.97 Å². The van der Waals surface area contributed by atoms with E-state index < -0.39 is 18.0 Å². The topological polar surface area (TPSA) is 73.3 Å². The Hall–Kier alpha value is -1.81. The van der Waals surface area contributed by atoms with Gasteiger partial charge in [0.15, 0.2) is 6.10 Å². The van der Waals surface area contributed by atoms with E-state index in [0.717, 1.165) is 16.5 Å². The lowest BCUT2D eigenvalue weighted by Crippen LogP contribution is -2.25. The molecule has 84 valence electrons. The molecule has 0 amide bonds. The number of H-pyrrole nitrogens is 1. The maximum absolute atomic E-state index is 10.7. The van der Waals surface area contributed by atoms with Crippen LogP contribution in [0.5, 0.6) is 0 Å². The van der Waals surface area contributed by atoms with Crippen LogP contribution in [0.15, 0.2) is 30.5 Å². The van der Waals surface area contributed by atoms with Gasteiger partial charge in [-0.3, -0.25) is 0 Å². The summed E-state index contributed by atoms with van der Waals surface area (Å²) < 4.78 is 0. The number of hydrogen-bond acceptors (Lipinski definition) is 2. The molecule has 0 spiro atoms. The van der Waals surface area contributed by atoms with E-state index in [0.29, 0.717) is 0 Å². The number of benzene rings is 1. The minimum atomic E-state index is -1.38. The van der Waals surface area contributed by atoms with Crippen LogP contribution in [0.25, 0.3) is 10.9 Å². The average molecular weight is 219 g/mol. The maximum atomic E-state index is 10.7. The molecule has 3 N–H and O–H groups in total. The van der Waals surface area contributed by atoms with Crippen molar-refractivity contribution < 1.29 is 15.0 Å². The Morgan fingerprint density at radius 1 is 1.38 bits per heavy atom. The van der Waals surface area contributed by atoms with E-state index in [4.69, 9.17) is 5.11 Å². The molecule has 0 unspecified atom stereocenters. The van der Waals surface area contributed by atoms with Crippen molar-refractivity contribution in [2.24, 2.45) is 0 Å². The standard InChI is InChI=1S/C12H13NO3/c1-7(11(14)12(15)16)9-6-13-10-5-3-2-4-8(9)10/h2-7,11,13-14H,1H3,(H,15,16)/t7-,11-/m0/s1. The van der Waals surface area contributed by atoms with E-state index in [2.05, 4.69) is 4.98 Å². The van der Waals surface area contributed by atoms with E-state index in [1.807, 2.05) is 24.3 Å². The number of carboxylic acid groups (broad SMARTS) is 1. The summed E-state index contributed by atoms with van der Waals surface area (Å²) in [7, 11) is 0. The van der Waals surface area contributed by atoms with Crippen LogP contribution in [0.3, 0.4) is 0 Å². The number of nitrogens with one attached hydrogen (secondary N) is 1. The Morgan fingerprint density at radius 3 is 2.75 bits per heavy atom. The lowest BCUT2D eigenvalue weighted by Gasteiger charge is -2.14. The third kappa shape index (κ3) is 1.67. The van der Waals surface area contributed by atoms with Crippen LogP contribution in [0.1, 0.15) is 18.4 Å². The first-order chi connectivity index (χ1) is 7.61. The van der Waals surface area contributed by atoms with Crippen molar-refractivity contribution in [1.29, 1.82) is 0 Å².